The van der Waals surface area contributed by atoms with Gasteiger partial charge in [0.25, 0.3) is 0 Å². The molecule has 0 aliphatic carbocycles. The van der Waals surface area contributed by atoms with E-state index in [1.54, 1.807) is 17.1 Å². The number of thioether (sulfide) groups is 1. The molecule has 146 valence electrons. The highest BCUT2D eigenvalue weighted by Gasteiger charge is 2.36. The summed E-state index contributed by atoms with van der Waals surface area (Å²) in [5.74, 6) is -0.648. The first-order valence-corrected chi connectivity index (χ1v) is 11.6. The molecule has 0 bridgehead atoms. The first-order chi connectivity index (χ1) is 13.0. The van der Waals surface area contributed by atoms with Crippen LogP contribution in [0, 0.1) is 0 Å². The number of carbonyl (C=O) groups excluding carboxylic acids is 1. The van der Waals surface area contributed by atoms with Crippen molar-refractivity contribution in [1.82, 2.24) is 4.72 Å². The molecule has 0 amide bonds. The molecule has 0 unspecified atom stereocenters. The lowest BCUT2D eigenvalue weighted by Gasteiger charge is -2.36. The second kappa shape index (κ2) is 8.74. The maximum absolute atomic E-state index is 12.8. The zero-order chi connectivity index (χ0) is 19.3. The molecule has 1 aliphatic rings. The Balaban J connectivity index is 1.79. The van der Waals surface area contributed by atoms with Crippen molar-refractivity contribution in [2.45, 2.75) is 27.4 Å². The number of carbonyl (C=O) groups is 1. The van der Waals surface area contributed by atoms with E-state index in [4.69, 9.17) is 4.74 Å². The fourth-order valence-electron chi connectivity index (χ4n) is 2.85. The third kappa shape index (κ3) is 4.91. The molecule has 1 fully saturated rings. The molecular weight excluding hydrogens is 406 g/mol. The number of nitrogens with one attached hydrogen (secondary N) is 1. The number of benzene rings is 1. The summed E-state index contributed by atoms with van der Waals surface area (Å²) < 4.78 is 38.2. The van der Waals surface area contributed by atoms with Crippen molar-refractivity contribution in [2.75, 3.05) is 26.9 Å². The Labute approximate surface area is 167 Å². The predicted molar refractivity (Wildman–Crippen MR) is 106 cm³/mol. The van der Waals surface area contributed by atoms with Crippen LogP contribution < -0.4 is 4.72 Å². The molecule has 1 aliphatic heterocycles. The highest BCUT2D eigenvalue weighted by Crippen LogP contribution is 2.40. The monoisotopic (exact) mass is 427 g/mol. The SMILES string of the molecule is COC(=O)c1sccc1S(=O)(=O)NCC1(Sc2ccccc2)CCOCC1. The number of methoxy groups -OCH3 is 1. The van der Waals surface area contributed by atoms with Crippen LogP contribution in [0.15, 0.2) is 51.6 Å². The van der Waals surface area contributed by atoms with Crippen LogP contribution in [0.5, 0.6) is 0 Å². The van der Waals surface area contributed by atoms with Gasteiger partial charge in [0.1, 0.15) is 9.77 Å². The van der Waals surface area contributed by atoms with Gasteiger partial charge < -0.3 is 9.47 Å². The molecule has 1 aromatic heterocycles. The fourth-order valence-corrected chi connectivity index (χ4v) is 6.71. The molecule has 6 nitrogen and oxygen atoms in total. The van der Waals surface area contributed by atoms with Gasteiger partial charge >= 0.3 is 5.97 Å². The normalized spacial score (nSPS) is 16.8. The molecule has 1 N–H and O–H groups in total. The maximum Gasteiger partial charge on any atom is 0.349 e. The van der Waals surface area contributed by atoms with E-state index < -0.39 is 16.0 Å². The molecule has 1 saturated heterocycles. The number of ether oxygens (including phenoxy) is 2. The quantitative estimate of drug-likeness (QED) is 0.684. The zero-order valence-electron chi connectivity index (χ0n) is 14.8. The van der Waals surface area contributed by atoms with Crippen molar-refractivity contribution in [2.24, 2.45) is 0 Å². The van der Waals surface area contributed by atoms with Gasteiger partial charge in [-0.1, -0.05) is 18.2 Å². The summed E-state index contributed by atoms with van der Waals surface area (Å²) in [5, 5.41) is 1.57. The number of rotatable bonds is 7. The van der Waals surface area contributed by atoms with Crippen LogP contribution in [-0.4, -0.2) is 46.0 Å². The van der Waals surface area contributed by atoms with E-state index in [1.165, 1.54) is 13.2 Å². The van der Waals surface area contributed by atoms with Crippen molar-refractivity contribution in [1.29, 1.82) is 0 Å². The van der Waals surface area contributed by atoms with Gasteiger partial charge in [0.05, 0.1) is 7.11 Å². The third-order valence-corrected chi connectivity index (χ3v) is 8.32. The minimum absolute atomic E-state index is 0.0359. The van der Waals surface area contributed by atoms with E-state index >= 15 is 0 Å². The van der Waals surface area contributed by atoms with Gasteiger partial charge in [-0.2, -0.15) is 0 Å². The van der Waals surface area contributed by atoms with Gasteiger partial charge in [-0.3, -0.25) is 0 Å². The number of hydrogen-bond acceptors (Lipinski definition) is 7. The Morgan fingerprint density at radius 2 is 1.96 bits per heavy atom. The smallest absolute Gasteiger partial charge is 0.349 e. The molecule has 9 heteroatoms. The number of esters is 1. The van der Waals surface area contributed by atoms with Crippen molar-refractivity contribution < 1.29 is 22.7 Å². The van der Waals surface area contributed by atoms with Gasteiger partial charge in [0.15, 0.2) is 0 Å². The predicted octanol–water partition coefficient (Wildman–Crippen LogP) is 3.15. The topological polar surface area (TPSA) is 81.7 Å². The molecule has 0 atom stereocenters. The van der Waals surface area contributed by atoms with E-state index in [1.807, 2.05) is 30.3 Å². The highest BCUT2D eigenvalue weighted by atomic mass is 32.2. The van der Waals surface area contributed by atoms with Crippen LogP contribution in [0.2, 0.25) is 0 Å². The second-order valence-electron chi connectivity index (χ2n) is 6.14. The molecule has 3 rings (SSSR count). The average Bonchev–Trinajstić information content (AvgIpc) is 3.18. The Hall–Kier alpha value is -1.39. The number of hydrogen-bond donors (Lipinski definition) is 1. The van der Waals surface area contributed by atoms with E-state index in [0.717, 1.165) is 29.1 Å². The van der Waals surface area contributed by atoms with Crippen molar-refractivity contribution in [3.05, 3.63) is 46.7 Å². The van der Waals surface area contributed by atoms with Crippen LogP contribution in [0.3, 0.4) is 0 Å². The van der Waals surface area contributed by atoms with Crippen LogP contribution in [0.1, 0.15) is 22.5 Å². The van der Waals surface area contributed by atoms with Gasteiger partial charge in [-0.15, -0.1) is 23.1 Å². The molecule has 0 saturated carbocycles. The van der Waals surface area contributed by atoms with Gasteiger partial charge in [-0.05, 0) is 36.4 Å². The molecule has 2 aromatic rings. The van der Waals surface area contributed by atoms with Gasteiger partial charge in [0, 0.05) is 29.4 Å². The Bertz CT molecular complexity index is 873. The van der Waals surface area contributed by atoms with Crippen LogP contribution in [-0.2, 0) is 19.5 Å². The van der Waals surface area contributed by atoms with Gasteiger partial charge in [-0.25, -0.2) is 17.9 Å². The lowest BCUT2D eigenvalue weighted by atomic mass is 9.99. The van der Waals surface area contributed by atoms with E-state index in [0.29, 0.717) is 13.2 Å². The summed E-state index contributed by atoms with van der Waals surface area (Å²) in [7, 11) is -2.59. The minimum atomic E-state index is -3.83. The highest BCUT2D eigenvalue weighted by molar-refractivity contribution is 8.00. The fraction of sp³-hybridized carbons (Fsp3) is 0.389. The lowest BCUT2D eigenvalue weighted by Crippen LogP contribution is -2.44. The number of sulfonamides is 1. The first-order valence-electron chi connectivity index (χ1n) is 8.43. The van der Waals surface area contributed by atoms with Gasteiger partial charge in [0.2, 0.25) is 10.0 Å². The van der Waals surface area contributed by atoms with E-state index in [2.05, 4.69) is 9.46 Å². The maximum atomic E-state index is 12.8. The number of thiophene rings is 1. The Morgan fingerprint density at radius 3 is 2.63 bits per heavy atom. The van der Waals surface area contributed by atoms with Crippen molar-refractivity contribution in [3.63, 3.8) is 0 Å². The van der Waals surface area contributed by atoms with Crippen molar-refractivity contribution >= 4 is 39.1 Å². The summed E-state index contributed by atoms with van der Waals surface area (Å²) in [6.45, 7) is 1.44. The molecule has 0 radical (unpaired) electrons. The van der Waals surface area contributed by atoms with Crippen LogP contribution in [0.25, 0.3) is 0 Å². The summed E-state index contributed by atoms with van der Waals surface area (Å²) >= 11 is 2.72. The van der Waals surface area contributed by atoms with E-state index in [-0.39, 0.29) is 21.1 Å². The third-order valence-electron chi connectivity index (χ3n) is 4.36. The average molecular weight is 428 g/mol. The largest absolute Gasteiger partial charge is 0.465 e. The second-order valence-corrected chi connectivity index (χ2v) is 10.3. The Morgan fingerprint density at radius 1 is 1.26 bits per heavy atom. The lowest BCUT2D eigenvalue weighted by molar-refractivity contribution is 0.0602. The Kier molecular flexibility index (Phi) is 6.59. The standard InChI is InChI=1S/C18H21NO5S3/c1-23-17(20)16-15(7-12-25-16)27(21,22)19-13-18(8-10-24-11-9-18)26-14-5-3-2-4-6-14/h2-7,12,19H,8-11,13H2,1H3. The molecule has 0 spiro atoms. The summed E-state index contributed by atoms with van der Waals surface area (Å²) in [6, 6.07) is 11.4. The molecule has 27 heavy (non-hydrogen) atoms. The molecule has 2 heterocycles. The molecular formula is C18H21NO5S3. The van der Waals surface area contributed by atoms with E-state index in [9.17, 15) is 13.2 Å². The van der Waals surface area contributed by atoms with Crippen LogP contribution >= 0.6 is 23.1 Å². The summed E-state index contributed by atoms with van der Waals surface area (Å²) in [5.41, 5.74) is 0. The molecule has 1 aromatic carbocycles. The first kappa shape index (κ1) is 20.3. The van der Waals surface area contributed by atoms with Crippen molar-refractivity contribution in [3.8, 4) is 0 Å². The summed E-state index contributed by atoms with van der Waals surface area (Å²) in [4.78, 5) is 13.0. The summed E-state index contributed by atoms with van der Waals surface area (Å²) in [6.07, 6.45) is 1.48. The zero-order valence-corrected chi connectivity index (χ0v) is 17.3. The minimum Gasteiger partial charge on any atom is -0.465 e. The van der Waals surface area contributed by atoms with Crippen LogP contribution in [0.4, 0.5) is 0 Å².